The summed E-state index contributed by atoms with van der Waals surface area (Å²) in [6.07, 6.45) is 1.90. The number of hydrogen-bond acceptors (Lipinski definition) is 3. The summed E-state index contributed by atoms with van der Waals surface area (Å²) in [4.78, 5) is 16.4. The molecule has 1 aromatic heterocycles. The lowest BCUT2D eigenvalue weighted by molar-refractivity contribution is -0.122. The van der Waals surface area contributed by atoms with Gasteiger partial charge in [0.15, 0.2) is 0 Å². The van der Waals surface area contributed by atoms with E-state index in [1.807, 2.05) is 85.1 Å². The van der Waals surface area contributed by atoms with Crippen molar-refractivity contribution < 1.29 is 9.53 Å². The minimum atomic E-state index is -0.539. The minimum Gasteiger partial charge on any atom is -0.497 e. The van der Waals surface area contributed by atoms with Gasteiger partial charge in [-0.2, -0.15) is 0 Å². The van der Waals surface area contributed by atoms with Crippen LogP contribution in [-0.2, 0) is 11.3 Å². The highest BCUT2D eigenvalue weighted by atomic mass is 16.5. The highest BCUT2D eigenvalue weighted by Gasteiger charge is 2.23. The summed E-state index contributed by atoms with van der Waals surface area (Å²) in [5.41, 5.74) is 3.81. The molecule has 0 fully saturated rings. The van der Waals surface area contributed by atoms with Gasteiger partial charge in [0.25, 0.3) is 0 Å². The van der Waals surface area contributed by atoms with Gasteiger partial charge in [0, 0.05) is 34.9 Å². The molecule has 0 aliphatic rings. The number of benzene rings is 3. The molecule has 1 heterocycles. The van der Waals surface area contributed by atoms with Crippen molar-refractivity contribution in [1.82, 2.24) is 10.3 Å². The van der Waals surface area contributed by atoms with E-state index >= 15 is 0 Å². The molecule has 1 unspecified atom stereocenters. The summed E-state index contributed by atoms with van der Waals surface area (Å²) in [7, 11) is 1.63. The zero-order chi connectivity index (χ0) is 20.1. The van der Waals surface area contributed by atoms with Gasteiger partial charge in [0.2, 0.25) is 5.91 Å². The second-order valence-electron chi connectivity index (χ2n) is 6.80. The SMILES string of the molecule is COc1ccc(NC(C(=O)NCc2ccccc2)c2c[nH]c3ccccc23)cc1. The molecule has 5 heteroatoms. The van der Waals surface area contributed by atoms with Crippen molar-refractivity contribution in [3.05, 3.63) is 96.2 Å². The monoisotopic (exact) mass is 385 g/mol. The van der Waals surface area contributed by atoms with Crippen LogP contribution in [0.15, 0.2) is 85.1 Å². The molecule has 1 atom stereocenters. The number of methoxy groups -OCH3 is 1. The minimum absolute atomic E-state index is 0.0885. The standard InChI is InChI=1S/C24H23N3O2/c1-29-19-13-11-18(12-14-19)27-23(21-16-25-22-10-6-5-9-20(21)22)24(28)26-15-17-7-3-2-4-8-17/h2-14,16,23,25,27H,15H2,1H3,(H,26,28). The molecule has 29 heavy (non-hydrogen) atoms. The molecule has 0 spiro atoms. The van der Waals surface area contributed by atoms with E-state index in [0.717, 1.165) is 33.5 Å². The highest BCUT2D eigenvalue weighted by Crippen LogP contribution is 2.28. The zero-order valence-corrected chi connectivity index (χ0v) is 16.2. The van der Waals surface area contributed by atoms with E-state index in [1.165, 1.54) is 0 Å². The summed E-state index contributed by atoms with van der Waals surface area (Å²) < 4.78 is 5.23. The first kappa shape index (κ1) is 18.6. The fourth-order valence-corrected chi connectivity index (χ4v) is 3.36. The van der Waals surface area contributed by atoms with Crippen LogP contribution >= 0.6 is 0 Å². The lowest BCUT2D eigenvalue weighted by Gasteiger charge is -2.20. The molecule has 0 aliphatic heterocycles. The van der Waals surface area contributed by atoms with Gasteiger partial charge in [0.05, 0.1) is 7.11 Å². The lowest BCUT2D eigenvalue weighted by atomic mass is 10.0. The Kier molecular flexibility index (Phi) is 5.47. The molecule has 0 radical (unpaired) electrons. The predicted octanol–water partition coefficient (Wildman–Crippen LogP) is 4.65. The van der Waals surface area contributed by atoms with Crippen LogP contribution in [0.2, 0.25) is 0 Å². The Morgan fingerprint density at radius 2 is 1.69 bits per heavy atom. The number of amides is 1. The number of carbonyl (C=O) groups is 1. The number of fused-ring (bicyclic) bond motifs is 1. The summed E-state index contributed by atoms with van der Waals surface area (Å²) >= 11 is 0. The van der Waals surface area contributed by atoms with E-state index in [1.54, 1.807) is 7.11 Å². The Morgan fingerprint density at radius 3 is 2.45 bits per heavy atom. The molecule has 4 rings (SSSR count). The largest absolute Gasteiger partial charge is 0.497 e. The first-order chi connectivity index (χ1) is 14.2. The number of hydrogen-bond donors (Lipinski definition) is 3. The number of carbonyl (C=O) groups excluding carboxylic acids is 1. The normalized spacial score (nSPS) is 11.8. The van der Waals surface area contributed by atoms with Crippen molar-refractivity contribution in [2.75, 3.05) is 12.4 Å². The second-order valence-corrected chi connectivity index (χ2v) is 6.80. The third-order valence-corrected chi connectivity index (χ3v) is 4.91. The van der Waals surface area contributed by atoms with Gasteiger partial charge in [0.1, 0.15) is 11.8 Å². The third-order valence-electron chi connectivity index (χ3n) is 4.91. The van der Waals surface area contributed by atoms with Crippen molar-refractivity contribution in [3.63, 3.8) is 0 Å². The maximum atomic E-state index is 13.2. The van der Waals surface area contributed by atoms with Gasteiger partial charge in [-0.05, 0) is 35.9 Å². The van der Waals surface area contributed by atoms with E-state index in [4.69, 9.17) is 4.74 Å². The van der Waals surface area contributed by atoms with Crippen molar-refractivity contribution in [1.29, 1.82) is 0 Å². The Labute approximate surface area is 169 Å². The third kappa shape index (κ3) is 4.24. The molecule has 3 aromatic carbocycles. The molecule has 3 N–H and O–H groups in total. The van der Waals surface area contributed by atoms with Crippen LogP contribution in [0.25, 0.3) is 10.9 Å². The van der Waals surface area contributed by atoms with Crippen LogP contribution in [0.3, 0.4) is 0 Å². The van der Waals surface area contributed by atoms with Gasteiger partial charge in [-0.3, -0.25) is 4.79 Å². The summed E-state index contributed by atoms with van der Waals surface area (Å²) in [5.74, 6) is 0.683. The number of anilines is 1. The molecule has 4 aromatic rings. The highest BCUT2D eigenvalue weighted by molar-refractivity contribution is 5.93. The van der Waals surface area contributed by atoms with Crippen LogP contribution in [-0.4, -0.2) is 18.0 Å². The topological polar surface area (TPSA) is 66.2 Å². The fourth-order valence-electron chi connectivity index (χ4n) is 3.36. The maximum Gasteiger partial charge on any atom is 0.247 e. The molecular formula is C24H23N3O2. The maximum absolute atomic E-state index is 13.2. The summed E-state index contributed by atoms with van der Waals surface area (Å²) in [6, 6.07) is 24.9. The Hall–Kier alpha value is -3.73. The van der Waals surface area contributed by atoms with Crippen molar-refractivity contribution in [2.45, 2.75) is 12.6 Å². The fraction of sp³-hybridized carbons (Fsp3) is 0.125. The number of para-hydroxylation sites is 1. The molecular weight excluding hydrogens is 362 g/mol. The van der Waals surface area contributed by atoms with Crippen LogP contribution in [0.5, 0.6) is 5.75 Å². The number of rotatable bonds is 7. The van der Waals surface area contributed by atoms with Crippen LogP contribution in [0, 0.1) is 0 Å². The molecule has 0 saturated carbocycles. The van der Waals surface area contributed by atoms with Crippen molar-refractivity contribution >= 4 is 22.5 Å². The number of nitrogens with one attached hydrogen (secondary N) is 3. The van der Waals surface area contributed by atoms with Crippen LogP contribution in [0.1, 0.15) is 17.2 Å². The average molecular weight is 385 g/mol. The first-order valence-corrected chi connectivity index (χ1v) is 9.53. The van der Waals surface area contributed by atoms with Crippen LogP contribution in [0.4, 0.5) is 5.69 Å². The molecule has 146 valence electrons. The Bertz CT molecular complexity index is 1090. The number of aromatic amines is 1. The Morgan fingerprint density at radius 1 is 0.966 bits per heavy atom. The van der Waals surface area contributed by atoms with Crippen molar-refractivity contribution in [3.8, 4) is 5.75 Å². The van der Waals surface area contributed by atoms with E-state index in [9.17, 15) is 4.79 Å². The Balaban J connectivity index is 1.61. The number of ether oxygens (including phenoxy) is 1. The summed E-state index contributed by atoms with van der Waals surface area (Å²) in [6.45, 7) is 0.475. The second kappa shape index (κ2) is 8.52. The molecule has 0 aliphatic carbocycles. The van der Waals surface area contributed by atoms with Gasteiger partial charge >= 0.3 is 0 Å². The quantitative estimate of drug-likeness (QED) is 0.434. The molecule has 5 nitrogen and oxygen atoms in total. The van der Waals surface area contributed by atoms with Gasteiger partial charge in [-0.15, -0.1) is 0 Å². The molecule has 0 bridgehead atoms. The van der Waals surface area contributed by atoms with E-state index in [-0.39, 0.29) is 5.91 Å². The average Bonchev–Trinajstić information content (AvgIpc) is 3.21. The van der Waals surface area contributed by atoms with Gasteiger partial charge in [-0.25, -0.2) is 0 Å². The van der Waals surface area contributed by atoms with Crippen LogP contribution < -0.4 is 15.4 Å². The van der Waals surface area contributed by atoms with E-state index < -0.39 is 6.04 Å². The smallest absolute Gasteiger partial charge is 0.247 e. The summed E-state index contributed by atoms with van der Waals surface area (Å²) in [5, 5.41) is 7.45. The molecule has 1 amide bonds. The van der Waals surface area contributed by atoms with E-state index in [2.05, 4.69) is 15.6 Å². The zero-order valence-electron chi connectivity index (χ0n) is 16.2. The predicted molar refractivity (Wildman–Crippen MR) is 116 cm³/mol. The van der Waals surface area contributed by atoms with Gasteiger partial charge in [-0.1, -0.05) is 48.5 Å². The van der Waals surface area contributed by atoms with E-state index in [0.29, 0.717) is 6.54 Å². The number of H-pyrrole nitrogens is 1. The number of aromatic nitrogens is 1. The van der Waals surface area contributed by atoms with Crippen molar-refractivity contribution in [2.24, 2.45) is 0 Å². The molecule has 0 saturated heterocycles. The lowest BCUT2D eigenvalue weighted by Crippen LogP contribution is -2.33. The van der Waals surface area contributed by atoms with Gasteiger partial charge < -0.3 is 20.4 Å². The first-order valence-electron chi connectivity index (χ1n) is 9.53.